The van der Waals surface area contributed by atoms with Gasteiger partial charge in [0.15, 0.2) is 0 Å². The fourth-order valence-corrected chi connectivity index (χ4v) is 3.24. The van der Waals surface area contributed by atoms with Crippen LogP contribution in [0.25, 0.3) is 0 Å². The number of carbonyl (C=O) groups excluding carboxylic acids is 2. The third-order valence-corrected chi connectivity index (χ3v) is 4.57. The Kier molecular flexibility index (Phi) is 5.84. The van der Waals surface area contributed by atoms with E-state index < -0.39 is 0 Å². The van der Waals surface area contributed by atoms with Crippen molar-refractivity contribution in [3.63, 3.8) is 0 Å². The van der Waals surface area contributed by atoms with Gasteiger partial charge in [-0.1, -0.05) is 12.1 Å². The first-order chi connectivity index (χ1) is 12.7. The zero-order valence-corrected chi connectivity index (χ0v) is 14.8. The lowest BCUT2D eigenvalue weighted by Crippen LogP contribution is -2.45. The number of nitrogens with zero attached hydrogens (tertiary/aromatic N) is 1. The number of benzene rings is 1. The Bertz CT molecular complexity index is 764. The van der Waals surface area contributed by atoms with Crippen LogP contribution in [0, 0.1) is 0 Å². The van der Waals surface area contributed by atoms with Gasteiger partial charge in [-0.25, -0.2) is 0 Å². The molecule has 26 heavy (non-hydrogen) atoms. The number of hydrogen-bond acceptors (Lipinski definition) is 4. The number of hydrogen-bond donors (Lipinski definition) is 2. The molecule has 3 rings (SSSR count). The topological polar surface area (TPSA) is 80.3 Å². The van der Waals surface area contributed by atoms with E-state index in [0.29, 0.717) is 23.4 Å². The van der Waals surface area contributed by atoms with E-state index in [2.05, 4.69) is 15.6 Å². The number of nitrogens with one attached hydrogen (secondary N) is 2. The average molecular weight is 353 g/mol. The van der Waals surface area contributed by atoms with Crippen LogP contribution in [0.5, 0.6) is 5.75 Å². The van der Waals surface area contributed by atoms with Crippen LogP contribution in [0.2, 0.25) is 0 Å². The fourth-order valence-electron chi connectivity index (χ4n) is 3.24. The number of pyridine rings is 1. The lowest BCUT2D eigenvalue weighted by Gasteiger charge is -2.30. The van der Waals surface area contributed by atoms with Crippen molar-refractivity contribution in [1.29, 1.82) is 0 Å². The normalized spacial score (nSPS) is 19.4. The van der Waals surface area contributed by atoms with Crippen LogP contribution in [0.4, 0.5) is 0 Å². The first-order valence-electron chi connectivity index (χ1n) is 8.82. The van der Waals surface area contributed by atoms with Crippen molar-refractivity contribution >= 4 is 11.8 Å². The van der Waals surface area contributed by atoms with E-state index in [1.165, 1.54) is 0 Å². The molecular formula is C20H23N3O3. The van der Waals surface area contributed by atoms with Gasteiger partial charge in [0.1, 0.15) is 11.4 Å². The lowest BCUT2D eigenvalue weighted by atomic mass is 9.90. The van der Waals surface area contributed by atoms with Gasteiger partial charge in [-0.05, 0) is 56.0 Å². The maximum atomic E-state index is 12.5. The minimum absolute atomic E-state index is 0.0360. The summed E-state index contributed by atoms with van der Waals surface area (Å²) in [5, 5.41) is 6.09. The summed E-state index contributed by atoms with van der Waals surface area (Å²) in [5.74, 6) is 0.364. The molecule has 2 aromatic rings. The van der Waals surface area contributed by atoms with Gasteiger partial charge in [0.2, 0.25) is 0 Å². The summed E-state index contributed by atoms with van der Waals surface area (Å²) in [7, 11) is 1.58. The van der Waals surface area contributed by atoms with Crippen LogP contribution >= 0.6 is 0 Å². The largest absolute Gasteiger partial charge is 0.497 e. The van der Waals surface area contributed by atoms with E-state index in [4.69, 9.17) is 4.74 Å². The maximum Gasteiger partial charge on any atom is 0.270 e. The molecule has 0 saturated heterocycles. The average Bonchev–Trinajstić information content (AvgIpc) is 2.69. The SMILES string of the molecule is COc1cccc(C(=O)NC2CCCC(NC(=O)c3ccccn3)C2)c1. The van der Waals surface area contributed by atoms with Gasteiger partial charge >= 0.3 is 0 Å². The van der Waals surface area contributed by atoms with Gasteiger partial charge < -0.3 is 15.4 Å². The summed E-state index contributed by atoms with van der Waals surface area (Å²) in [4.78, 5) is 28.8. The Morgan fingerprint density at radius 1 is 1.04 bits per heavy atom. The monoisotopic (exact) mass is 353 g/mol. The molecule has 0 radical (unpaired) electrons. The Labute approximate surface area is 153 Å². The molecule has 2 amide bonds. The highest BCUT2D eigenvalue weighted by atomic mass is 16.5. The van der Waals surface area contributed by atoms with E-state index in [-0.39, 0.29) is 23.9 Å². The molecule has 2 N–H and O–H groups in total. The third kappa shape index (κ3) is 4.59. The number of ether oxygens (including phenoxy) is 1. The van der Waals surface area contributed by atoms with Gasteiger partial charge in [-0.2, -0.15) is 0 Å². The zero-order valence-electron chi connectivity index (χ0n) is 14.8. The summed E-state index contributed by atoms with van der Waals surface area (Å²) >= 11 is 0. The summed E-state index contributed by atoms with van der Waals surface area (Å²) in [6.07, 6.45) is 5.09. The second kappa shape index (κ2) is 8.47. The summed E-state index contributed by atoms with van der Waals surface area (Å²) < 4.78 is 5.16. The van der Waals surface area contributed by atoms with Crippen LogP contribution < -0.4 is 15.4 Å². The molecule has 1 aromatic heterocycles. The third-order valence-electron chi connectivity index (χ3n) is 4.57. The molecule has 2 unspecified atom stereocenters. The van der Waals surface area contributed by atoms with Crippen molar-refractivity contribution in [3.8, 4) is 5.75 Å². The van der Waals surface area contributed by atoms with Crippen LogP contribution in [-0.4, -0.2) is 36.0 Å². The number of aromatic nitrogens is 1. The second-order valence-electron chi connectivity index (χ2n) is 6.45. The summed E-state index contributed by atoms with van der Waals surface area (Å²) in [6.45, 7) is 0. The van der Waals surface area contributed by atoms with Gasteiger partial charge in [0.05, 0.1) is 7.11 Å². The van der Waals surface area contributed by atoms with Crippen LogP contribution in [0.1, 0.15) is 46.5 Å². The van der Waals surface area contributed by atoms with Crippen molar-refractivity contribution < 1.29 is 14.3 Å². The van der Waals surface area contributed by atoms with Gasteiger partial charge in [-0.15, -0.1) is 0 Å². The van der Waals surface area contributed by atoms with Crippen molar-refractivity contribution in [1.82, 2.24) is 15.6 Å². The molecule has 0 aliphatic heterocycles. The Morgan fingerprint density at radius 3 is 2.50 bits per heavy atom. The highest BCUT2D eigenvalue weighted by Crippen LogP contribution is 2.20. The van der Waals surface area contributed by atoms with Crippen molar-refractivity contribution in [2.24, 2.45) is 0 Å². The number of amides is 2. The van der Waals surface area contributed by atoms with E-state index in [9.17, 15) is 9.59 Å². The lowest BCUT2D eigenvalue weighted by molar-refractivity contribution is 0.0900. The molecular weight excluding hydrogens is 330 g/mol. The number of rotatable bonds is 5. The second-order valence-corrected chi connectivity index (χ2v) is 6.45. The molecule has 2 atom stereocenters. The Balaban J connectivity index is 1.56. The molecule has 0 spiro atoms. The zero-order chi connectivity index (χ0) is 18.4. The van der Waals surface area contributed by atoms with Crippen molar-refractivity contribution in [3.05, 3.63) is 59.9 Å². The summed E-state index contributed by atoms with van der Waals surface area (Å²) in [5.41, 5.74) is 0.985. The summed E-state index contributed by atoms with van der Waals surface area (Å²) in [6, 6.07) is 12.4. The predicted octanol–water partition coefficient (Wildman–Crippen LogP) is 2.56. The van der Waals surface area contributed by atoms with E-state index >= 15 is 0 Å². The van der Waals surface area contributed by atoms with Gasteiger partial charge in [0.25, 0.3) is 11.8 Å². The highest BCUT2D eigenvalue weighted by Gasteiger charge is 2.25. The van der Waals surface area contributed by atoms with Crippen molar-refractivity contribution in [2.75, 3.05) is 7.11 Å². The molecule has 1 saturated carbocycles. The Hall–Kier alpha value is -2.89. The molecule has 1 aliphatic carbocycles. The fraction of sp³-hybridized carbons (Fsp3) is 0.350. The minimum Gasteiger partial charge on any atom is -0.497 e. The van der Waals surface area contributed by atoms with Gasteiger partial charge in [0, 0.05) is 23.8 Å². The molecule has 1 fully saturated rings. The molecule has 0 bridgehead atoms. The van der Waals surface area contributed by atoms with Crippen LogP contribution in [0.15, 0.2) is 48.7 Å². The number of carbonyl (C=O) groups is 2. The quantitative estimate of drug-likeness (QED) is 0.866. The predicted molar refractivity (Wildman–Crippen MR) is 98.2 cm³/mol. The first-order valence-corrected chi connectivity index (χ1v) is 8.82. The van der Waals surface area contributed by atoms with E-state index in [0.717, 1.165) is 19.3 Å². The highest BCUT2D eigenvalue weighted by molar-refractivity contribution is 5.95. The van der Waals surface area contributed by atoms with Gasteiger partial charge in [-0.3, -0.25) is 14.6 Å². The number of methoxy groups -OCH3 is 1. The molecule has 136 valence electrons. The first kappa shape index (κ1) is 17.9. The molecule has 1 aromatic carbocycles. The molecule has 6 nitrogen and oxygen atoms in total. The van der Waals surface area contributed by atoms with Crippen LogP contribution in [-0.2, 0) is 0 Å². The van der Waals surface area contributed by atoms with Crippen LogP contribution in [0.3, 0.4) is 0 Å². The minimum atomic E-state index is -0.171. The smallest absolute Gasteiger partial charge is 0.270 e. The molecule has 1 heterocycles. The van der Waals surface area contributed by atoms with Crippen molar-refractivity contribution in [2.45, 2.75) is 37.8 Å². The maximum absolute atomic E-state index is 12.5. The van der Waals surface area contributed by atoms with E-state index in [1.54, 1.807) is 55.8 Å². The molecule has 1 aliphatic rings. The van der Waals surface area contributed by atoms with E-state index in [1.807, 2.05) is 0 Å². The molecule has 6 heteroatoms. The Morgan fingerprint density at radius 2 is 1.81 bits per heavy atom. The standard InChI is InChI=1S/C20H23N3O3/c1-26-17-9-4-6-14(12-17)19(24)22-15-7-5-8-16(13-15)23-20(25)18-10-2-3-11-21-18/h2-4,6,9-12,15-16H,5,7-8,13H2,1H3,(H,22,24)(H,23,25).